The lowest BCUT2D eigenvalue weighted by Gasteiger charge is -2.22. The maximum atomic E-state index is 13.9. The normalized spacial score (nSPS) is 12.4. The molecule has 2 nitrogen and oxygen atoms in total. The molecule has 2 aromatic carbocycles. The second-order valence-corrected chi connectivity index (χ2v) is 5.35. The number of rotatable bonds is 6. The van der Waals surface area contributed by atoms with Crippen LogP contribution in [0.15, 0.2) is 42.5 Å². The Hall–Kier alpha value is -1.71. The molecule has 0 saturated heterocycles. The number of benzene rings is 2. The molecule has 0 amide bonds. The van der Waals surface area contributed by atoms with Gasteiger partial charge >= 0.3 is 0 Å². The van der Waals surface area contributed by atoms with Crippen molar-refractivity contribution in [1.82, 2.24) is 5.48 Å². The molecule has 1 unspecified atom stereocenters. The number of aryl methyl sites for hydroxylation is 2. The molecule has 3 heteroatoms. The molecule has 0 saturated carbocycles. The summed E-state index contributed by atoms with van der Waals surface area (Å²) in [6.45, 7) is 4.85. The van der Waals surface area contributed by atoms with Crippen molar-refractivity contribution in [3.63, 3.8) is 0 Å². The molecule has 1 N–H and O–H groups in total. The first-order valence-electron chi connectivity index (χ1n) is 7.19. The number of hydroxylamine groups is 1. The molecule has 2 aromatic rings. The van der Waals surface area contributed by atoms with Crippen LogP contribution in [0.1, 0.15) is 28.2 Å². The maximum Gasteiger partial charge on any atom is 0.126 e. The lowest BCUT2D eigenvalue weighted by Crippen LogP contribution is -2.23. The van der Waals surface area contributed by atoms with E-state index in [4.69, 9.17) is 4.84 Å². The van der Waals surface area contributed by atoms with E-state index < -0.39 is 0 Å². The van der Waals surface area contributed by atoms with Crippen LogP contribution in [0.25, 0.3) is 0 Å². The SMILES string of the molecule is CONCC(Cc1ccccc1F)c1c(C)cccc1C. The smallest absolute Gasteiger partial charge is 0.126 e. The average molecular weight is 287 g/mol. The highest BCUT2D eigenvalue weighted by Gasteiger charge is 2.18. The van der Waals surface area contributed by atoms with Crippen molar-refractivity contribution in [3.8, 4) is 0 Å². The summed E-state index contributed by atoms with van der Waals surface area (Å²) in [4.78, 5) is 5.00. The van der Waals surface area contributed by atoms with Crippen LogP contribution in [-0.4, -0.2) is 13.7 Å². The molecule has 21 heavy (non-hydrogen) atoms. The van der Waals surface area contributed by atoms with Crippen LogP contribution in [0.2, 0.25) is 0 Å². The Bertz CT molecular complexity index is 577. The van der Waals surface area contributed by atoms with Gasteiger partial charge in [0.1, 0.15) is 5.82 Å². The zero-order chi connectivity index (χ0) is 15.2. The number of halogens is 1. The molecule has 112 valence electrons. The fraction of sp³-hybridized carbons (Fsp3) is 0.333. The highest BCUT2D eigenvalue weighted by molar-refractivity contribution is 5.38. The van der Waals surface area contributed by atoms with Gasteiger partial charge in [-0.3, -0.25) is 0 Å². The zero-order valence-corrected chi connectivity index (χ0v) is 12.8. The molecule has 0 spiro atoms. The Morgan fingerprint density at radius 3 is 2.33 bits per heavy atom. The van der Waals surface area contributed by atoms with E-state index in [1.807, 2.05) is 12.1 Å². The predicted molar refractivity (Wildman–Crippen MR) is 83.8 cm³/mol. The van der Waals surface area contributed by atoms with Crippen LogP contribution in [0.4, 0.5) is 4.39 Å². The minimum absolute atomic E-state index is 0.147. The lowest BCUT2D eigenvalue weighted by molar-refractivity contribution is 0.0868. The van der Waals surface area contributed by atoms with E-state index >= 15 is 0 Å². The second kappa shape index (κ2) is 7.34. The molecule has 0 aliphatic rings. The van der Waals surface area contributed by atoms with E-state index in [-0.39, 0.29) is 11.7 Å². The first-order chi connectivity index (χ1) is 10.1. The third-order valence-corrected chi connectivity index (χ3v) is 3.85. The monoisotopic (exact) mass is 287 g/mol. The third-order valence-electron chi connectivity index (χ3n) is 3.85. The number of hydrogen-bond acceptors (Lipinski definition) is 2. The molecule has 0 aliphatic carbocycles. The Kier molecular flexibility index (Phi) is 5.48. The van der Waals surface area contributed by atoms with Gasteiger partial charge < -0.3 is 4.84 Å². The molecular formula is C18H22FNO. The molecule has 2 rings (SSSR count). The predicted octanol–water partition coefficient (Wildman–Crippen LogP) is 3.92. The number of nitrogens with one attached hydrogen (secondary N) is 1. The molecule has 0 heterocycles. The van der Waals surface area contributed by atoms with E-state index in [0.29, 0.717) is 13.0 Å². The van der Waals surface area contributed by atoms with Gasteiger partial charge in [0.25, 0.3) is 0 Å². The molecule has 1 atom stereocenters. The van der Waals surface area contributed by atoms with Crippen LogP contribution in [-0.2, 0) is 11.3 Å². The Balaban J connectivity index is 2.32. The Labute approximate surface area is 125 Å². The molecule has 0 fully saturated rings. The van der Waals surface area contributed by atoms with E-state index in [1.165, 1.54) is 22.8 Å². The minimum Gasteiger partial charge on any atom is -0.305 e. The fourth-order valence-electron chi connectivity index (χ4n) is 2.86. The summed E-state index contributed by atoms with van der Waals surface area (Å²) in [5.74, 6) is 0.0224. The highest BCUT2D eigenvalue weighted by atomic mass is 19.1. The topological polar surface area (TPSA) is 21.3 Å². The third kappa shape index (κ3) is 3.90. The summed E-state index contributed by atoms with van der Waals surface area (Å²) in [6.07, 6.45) is 0.648. The maximum absolute atomic E-state index is 13.9. The summed E-state index contributed by atoms with van der Waals surface area (Å²) in [6, 6.07) is 13.2. The summed E-state index contributed by atoms with van der Waals surface area (Å²) < 4.78 is 13.9. The molecular weight excluding hydrogens is 265 g/mol. The van der Waals surface area contributed by atoms with Gasteiger partial charge in [0.15, 0.2) is 0 Å². The summed E-state index contributed by atoms with van der Waals surface area (Å²) >= 11 is 0. The lowest BCUT2D eigenvalue weighted by atomic mass is 9.86. The van der Waals surface area contributed by atoms with Crippen LogP contribution >= 0.6 is 0 Å². The van der Waals surface area contributed by atoms with Crippen molar-refractivity contribution in [3.05, 3.63) is 70.5 Å². The minimum atomic E-state index is -0.147. The standard InChI is InChI=1S/C18H22FNO/c1-13-7-6-8-14(2)18(13)16(12-20-21-3)11-15-9-4-5-10-17(15)19/h4-10,16,20H,11-12H2,1-3H3. The Morgan fingerprint density at radius 2 is 1.71 bits per heavy atom. The van der Waals surface area contributed by atoms with Crippen LogP contribution < -0.4 is 5.48 Å². The van der Waals surface area contributed by atoms with Crippen molar-refractivity contribution in [1.29, 1.82) is 0 Å². The van der Waals surface area contributed by atoms with E-state index in [0.717, 1.165) is 5.56 Å². The number of hydrogen-bond donors (Lipinski definition) is 1. The van der Waals surface area contributed by atoms with Crippen molar-refractivity contribution in [2.45, 2.75) is 26.2 Å². The van der Waals surface area contributed by atoms with Gasteiger partial charge in [-0.2, -0.15) is 0 Å². The van der Waals surface area contributed by atoms with Crippen molar-refractivity contribution in [2.24, 2.45) is 0 Å². The van der Waals surface area contributed by atoms with Crippen LogP contribution in [0.3, 0.4) is 0 Å². The van der Waals surface area contributed by atoms with Crippen LogP contribution in [0.5, 0.6) is 0 Å². The summed E-state index contributed by atoms with van der Waals surface area (Å²) in [5, 5.41) is 0. The zero-order valence-electron chi connectivity index (χ0n) is 12.8. The van der Waals surface area contributed by atoms with Crippen molar-refractivity contribution < 1.29 is 9.23 Å². The average Bonchev–Trinajstić information content (AvgIpc) is 2.46. The molecule has 0 aliphatic heterocycles. The fourth-order valence-corrected chi connectivity index (χ4v) is 2.86. The van der Waals surface area contributed by atoms with E-state index in [9.17, 15) is 4.39 Å². The van der Waals surface area contributed by atoms with Gasteiger partial charge in [-0.1, -0.05) is 36.4 Å². The van der Waals surface area contributed by atoms with Gasteiger partial charge in [-0.05, 0) is 48.6 Å². The van der Waals surface area contributed by atoms with Gasteiger partial charge in [0, 0.05) is 12.5 Å². The van der Waals surface area contributed by atoms with Crippen molar-refractivity contribution >= 4 is 0 Å². The molecule has 0 aromatic heterocycles. The molecule has 0 bridgehead atoms. The summed E-state index contributed by atoms with van der Waals surface area (Å²) in [7, 11) is 1.60. The Morgan fingerprint density at radius 1 is 1.05 bits per heavy atom. The first kappa shape index (κ1) is 15.7. The quantitative estimate of drug-likeness (QED) is 0.813. The van der Waals surface area contributed by atoms with E-state index in [1.54, 1.807) is 13.2 Å². The second-order valence-electron chi connectivity index (χ2n) is 5.35. The van der Waals surface area contributed by atoms with Crippen molar-refractivity contribution in [2.75, 3.05) is 13.7 Å². The van der Waals surface area contributed by atoms with Gasteiger partial charge in [0.05, 0.1) is 7.11 Å². The van der Waals surface area contributed by atoms with Gasteiger partial charge in [-0.15, -0.1) is 0 Å². The first-order valence-corrected chi connectivity index (χ1v) is 7.19. The van der Waals surface area contributed by atoms with Crippen LogP contribution in [0, 0.1) is 19.7 Å². The van der Waals surface area contributed by atoms with Gasteiger partial charge in [-0.25, -0.2) is 9.87 Å². The summed E-state index contributed by atoms with van der Waals surface area (Å²) in [5.41, 5.74) is 7.39. The highest BCUT2D eigenvalue weighted by Crippen LogP contribution is 2.27. The molecule has 0 radical (unpaired) electrons. The largest absolute Gasteiger partial charge is 0.305 e. The van der Waals surface area contributed by atoms with E-state index in [2.05, 4.69) is 37.5 Å². The van der Waals surface area contributed by atoms with Gasteiger partial charge in [0.2, 0.25) is 0 Å².